The van der Waals surface area contributed by atoms with Crippen LogP contribution in [-0.2, 0) is 12.7 Å². The van der Waals surface area contributed by atoms with E-state index in [0.29, 0.717) is 5.13 Å². The van der Waals surface area contributed by atoms with Crippen LogP contribution in [0, 0.1) is 0 Å². The SMILES string of the molecule is NCc1sc(N2CCCCC2)nc1C(F)(F)F. The number of anilines is 1. The summed E-state index contributed by atoms with van der Waals surface area (Å²) >= 11 is 1.06. The van der Waals surface area contributed by atoms with Gasteiger partial charge in [0.05, 0.1) is 4.88 Å². The minimum Gasteiger partial charge on any atom is -0.348 e. The second-order valence-electron chi connectivity index (χ2n) is 4.02. The Labute approximate surface area is 101 Å². The third-order valence-corrected chi connectivity index (χ3v) is 3.91. The molecule has 0 amide bonds. The molecule has 2 heterocycles. The summed E-state index contributed by atoms with van der Waals surface area (Å²) in [6.07, 6.45) is -1.24. The normalized spacial score (nSPS) is 17.5. The van der Waals surface area contributed by atoms with Crippen molar-refractivity contribution in [2.24, 2.45) is 5.73 Å². The third kappa shape index (κ3) is 2.71. The maximum Gasteiger partial charge on any atom is 0.434 e. The molecule has 3 nitrogen and oxygen atoms in total. The third-order valence-electron chi connectivity index (χ3n) is 2.77. The van der Waals surface area contributed by atoms with E-state index in [1.807, 2.05) is 4.90 Å². The lowest BCUT2D eigenvalue weighted by Gasteiger charge is -2.25. The van der Waals surface area contributed by atoms with Crippen molar-refractivity contribution in [2.75, 3.05) is 18.0 Å². The fraction of sp³-hybridized carbons (Fsp3) is 0.700. The highest BCUT2D eigenvalue weighted by Gasteiger charge is 2.37. The topological polar surface area (TPSA) is 42.1 Å². The molecule has 2 rings (SSSR count). The summed E-state index contributed by atoms with van der Waals surface area (Å²) in [4.78, 5) is 5.76. The van der Waals surface area contributed by atoms with Gasteiger partial charge in [0, 0.05) is 19.6 Å². The number of aromatic nitrogens is 1. The van der Waals surface area contributed by atoms with Crippen LogP contribution in [0.5, 0.6) is 0 Å². The van der Waals surface area contributed by atoms with E-state index < -0.39 is 11.9 Å². The van der Waals surface area contributed by atoms with Gasteiger partial charge in [-0.1, -0.05) is 11.3 Å². The van der Waals surface area contributed by atoms with E-state index in [1.165, 1.54) is 0 Å². The molecule has 0 radical (unpaired) electrons. The van der Waals surface area contributed by atoms with Crippen molar-refractivity contribution < 1.29 is 13.2 Å². The second kappa shape index (κ2) is 4.81. The summed E-state index contributed by atoms with van der Waals surface area (Å²) in [6, 6.07) is 0. The second-order valence-corrected chi connectivity index (χ2v) is 5.08. The summed E-state index contributed by atoms with van der Waals surface area (Å²) in [5.41, 5.74) is 4.53. The van der Waals surface area contributed by atoms with Gasteiger partial charge in [0.25, 0.3) is 0 Å². The molecule has 0 aromatic carbocycles. The molecule has 1 aliphatic rings. The fourth-order valence-electron chi connectivity index (χ4n) is 1.92. The Hall–Kier alpha value is -0.820. The molecule has 0 unspecified atom stereocenters. The van der Waals surface area contributed by atoms with Crippen molar-refractivity contribution in [3.8, 4) is 0 Å². The zero-order valence-electron chi connectivity index (χ0n) is 9.26. The summed E-state index contributed by atoms with van der Waals surface area (Å²) in [5, 5.41) is 0.456. The lowest BCUT2D eigenvalue weighted by atomic mass is 10.1. The van der Waals surface area contributed by atoms with Gasteiger partial charge < -0.3 is 10.6 Å². The first-order chi connectivity index (χ1) is 8.02. The predicted molar refractivity (Wildman–Crippen MR) is 61.1 cm³/mol. The van der Waals surface area contributed by atoms with Crippen LogP contribution in [0.3, 0.4) is 0 Å². The number of hydrogen-bond donors (Lipinski definition) is 1. The standard InChI is InChI=1S/C10H14F3N3S/c11-10(12,13)8-7(6-14)17-9(15-8)16-4-2-1-3-5-16/h1-6,14H2. The van der Waals surface area contributed by atoms with Crippen molar-refractivity contribution in [3.63, 3.8) is 0 Å². The quantitative estimate of drug-likeness (QED) is 0.893. The molecule has 1 aromatic rings. The molecule has 17 heavy (non-hydrogen) atoms. The van der Waals surface area contributed by atoms with Crippen LogP contribution in [-0.4, -0.2) is 18.1 Å². The molecule has 0 bridgehead atoms. The van der Waals surface area contributed by atoms with Crippen molar-refractivity contribution in [3.05, 3.63) is 10.6 Å². The Morgan fingerprint density at radius 3 is 2.35 bits per heavy atom. The minimum absolute atomic E-state index is 0.111. The Balaban J connectivity index is 2.27. The molecule has 1 aliphatic heterocycles. The number of thiazole rings is 1. The highest BCUT2D eigenvalue weighted by molar-refractivity contribution is 7.15. The largest absolute Gasteiger partial charge is 0.434 e. The summed E-state index contributed by atoms with van der Waals surface area (Å²) in [6.45, 7) is 1.46. The molecule has 2 N–H and O–H groups in total. The van der Waals surface area contributed by atoms with Crippen LogP contribution in [0.4, 0.5) is 18.3 Å². The number of nitrogens with two attached hydrogens (primary N) is 1. The van der Waals surface area contributed by atoms with Gasteiger partial charge in [-0.2, -0.15) is 13.2 Å². The number of piperidine rings is 1. The van der Waals surface area contributed by atoms with Crippen LogP contribution in [0.25, 0.3) is 0 Å². The minimum atomic E-state index is -4.40. The number of halogens is 3. The summed E-state index contributed by atoms with van der Waals surface area (Å²) in [5.74, 6) is 0. The zero-order chi connectivity index (χ0) is 12.5. The maximum absolute atomic E-state index is 12.7. The Morgan fingerprint density at radius 1 is 1.24 bits per heavy atom. The molecular weight excluding hydrogens is 251 g/mol. The maximum atomic E-state index is 12.7. The monoisotopic (exact) mass is 265 g/mol. The molecular formula is C10H14F3N3S. The molecule has 0 atom stereocenters. The first-order valence-corrected chi connectivity index (χ1v) is 6.36. The summed E-state index contributed by atoms with van der Waals surface area (Å²) < 4.78 is 38.1. The molecule has 1 aromatic heterocycles. The van der Waals surface area contributed by atoms with E-state index >= 15 is 0 Å². The van der Waals surface area contributed by atoms with Crippen LogP contribution in [0.15, 0.2) is 0 Å². The Kier molecular flexibility index (Phi) is 3.58. The molecule has 1 fully saturated rings. The number of alkyl halides is 3. The summed E-state index contributed by atoms with van der Waals surface area (Å²) in [7, 11) is 0. The van der Waals surface area contributed by atoms with Crippen LogP contribution in [0.1, 0.15) is 29.8 Å². The lowest BCUT2D eigenvalue weighted by molar-refractivity contribution is -0.141. The van der Waals surface area contributed by atoms with Crippen LogP contribution in [0.2, 0.25) is 0 Å². The van der Waals surface area contributed by atoms with Gasteiger partial charge in [-0.15, -0.1) is 0 Å². The fourth-order valence-corrected chi connectivity index (χ4v) is 2.93. The van der Waals surface area contributed by atoms with E-state index in [9.17, 15) is 13.2 Å². The number of hydrogen-bond acceptors (Lipinski definition) is 4. The molecule has 96 valence electrons. The zero-order valence-corrected chi connectivity index (χ0v) is 10.1. The van der Waals surface area contributed by atoms with Crippen molar-refractivity contribution in [1.29, 1.82) is 0 Å². The van der Waals surface area contributed by atoms with E-state index in [-0.39, 0.29) is 11.4 Å². The van der Waals surface area contributed by atoms with Gasteiger partial charge in [0.2, 0.25) is 0 Å². The van der Waals surface area contributed by atoms with E-state index in [2.05, 4.69) is 4.98 Å². The smallest absolute Gasteiger partial charge is 0.348 e. The molecule has 0 saturated carbocycles. The molecule has 0 spiro atoms. The average Bonchev–Trinajstić information content (AvgIpc) is 2.74. The molecule has 1 saturated heterocycles. The molecule has 7 heteroatoms. The van der Waals surface area contributed by atoms with Gasteiger partial charge in [0.15, 0.2) is 10.8 Å². The first-order valence-electron chi connectivity index (χ1n) is 5.54. The Morgan fingerprint density at radius 2 is 1.88 bits per heavy atom. The van der Waals surface area contributed by atoms with E-state index in [0.717, 1.165) is 43.7 Å². The lowest BCUT2D eigenvalue weighted by Crippen LogP contribution is -2.29. The van der Waals surface area contributed by atoms with Gasteiger partial charge in [-0.25, -0.2) is 4.98 Å². The van der Waals surface area contributed by atoms with Gasteiger partial charge in [-0.3, -0.25) is 0 Å². The number of rotatable bonds is 2. The molecule has 0 aliphatic carbocycles. The number of nitrogens with zero attached hydrogens (tertiary/aromatic N) is 2. The first kappa shape index (κ1) is 12.6. The van der Waals surface area contributed by atoms with Crippen molar-refractivity contribution in [1.82, 2.24) is 4.98 Å². The predicted octanol–water partition coefficient (Wildman–Crippen LogP) is 2.61. The van der Waals surface area contributed by atoms with E-state index in [1.54, 1.807) is 0 Å². The van der Waals surface area contributed by atoms with Crippen LogP contribution >= 0.6 is 11.3 Å². The highest BCUT2D eigenvalue weighted by Crippen LogP contribution is 2.37. The highest BCUT2D eigenvalue weighted by atomic mass is 32.1. The van der Waals surface area contributed by atoms with E-state index in [4.69, 9.17) is 5.73 Å². The van der Waals surface area contributed by atoms with Gasteiger partial charge in [-0.05, 0) is 19.3 Å². The van der Waals surface area contributed by atoms with Gasteiger partial charge in [0.1, 0.15) is 0 Å². The van der Waals surface area contributed by atoms with Crippen LogP contribution < -0.4 is 10.6 Å². The average molecular weight is 265 g/mol. The van der Waals surface area contributed by atoms with Gasteiger partial charge >= 0.3 is 6.18 Å². The van der Waals surface area contributed by atoms with Crippen molar-refractivity contribution in [2.45, 2.75) is 32.0 Å². The Bertz CT molecular complexity index is 383. The van der Waals surface area contributed by atoms with Crippen molar-refractivity contribution >= 4 is 16.5 Å².